The molecule has 0 saturated heterocycles. The van der Waals surface area contributed by atoms with Gasteiger partial charge in [0.05, 0.1) is 0 Å². The van der Waals surface area contributed by atoms with Gasteiger partial charge in [-0.25, -0.2) is 4.39 Å². The van der Waals surface area contributed by atoms with E-state index in [2.05, 4.69) is 51.0 Å². The molecule has 1 rings (SSSR count). The van der Waals surface area contributed by atoms with Crippen LogP contribution < -0.4 is 5.32 Å². The maximum absolute atomic E-state index is 13.2. The maximum Gasteiger partial charge on any atom is 0.251 e. The van der Waals surface area contributed by atoms with E-state index >= 15 is 0 Å². The molecule has 1 amide bonds. The summed E-state index contributed by atoms with van der Waals surface area (Å²) in [6.07, 6.45) is 2.13. The molecule has 0 bridgehead atoms. The normalized spacial score (nSPS) is 12.5. The molecule has 1 unspecified atom stereocenters. The topological polar surface area (TPSA) is 29.1 Å². The van der Waals surface area contributed by atoms with Gasteiger partial charge in [0.15, 0.2) is 0 Å². The summed E-state index contributed by atoms with van der Waals surface area (Å²) >= 11 is 6.77. The molecule has 0 spiro atoms. The lowest BCUT2D eigenvalue weighted by Gasteiger charge is -2.19. The van der Waals surface area contributed by atoms with Crippen LogP contribution in [0.4, 0.5) is 4.39 Å². The Kier molecular flexibility index (Phi) is 7.00. The first-order valence-corrected chi connectivity index (χ1v) is 8.07. The number of carbonyl (C=O) groups is 1. The van der Waals surface area contributed by atoms with E-state index in [9.17, 15) is 9.18 Å². The number of halogens is 3. The van der Waals surface area contributed by atoms with Crippen molar-refractivity contribution in [3.8, 4) is 0 Å². The minimum Gasteiger partial charge on any atom is -0.351 e. The molecular weight excluding hydrogens is 377 g/mol. The lowest BCUT2D eigenvalue weighted by atomic mass is 9.99. The fraction of sp³-hybridized carbons (Fsp3) is 0.500. The second-order valence-corrected chi connectivity index (χ2v) is 6.55. The summed E-state index contributed by atoms with van der Waals surface area (Å²) in [4.78, 5) is 12.2. The number of carbonyl (C=O) groups excluding carboxylic acids is 1. The highest BCUT2D eigenvalue weighted by Gasteiger charge is 2.16. The van der Waals surface area contributed by atoms with Crippen molar-refractivity contribution in [2.75, 3.05) is 6.54 Å². The summed E-state index contributed by atoms with van der Waals surface area (Å²) in [5.41, 5.74) is 0.330. The molecule has 1 N–H and O–H groups in total. The number of hydrogen-bond donors (Lipinski definition) is 1. The Labute approximate surface area is 130 Å². The SMILES string of the molecule is CCC(CC)C(Br)CNC(=O)c1cc(F)cc(Br)c1. The molecule has 0 aromatic heterocycles. The Morgan fingerprint density at radius 3 is 2.47 bits per heavy atom. The Balaban J connectivity index is 2.60. The Hall–Kier alpha value is -0.420. The molecule has 19 heavy (non-hydrogen) atoms. The fourth-order valence-corrected chi connectivity index (χ4v) is 3.32. The molecule has 1 aromatic rings. The van der Waals surface area contributed by atoms with Gasteiger partial charge in [0.1, 0.15) is 5.82 Å². The third-order valence-corrected chi connectivity index (χ3v) is 4.67. The van der Waals surface area contributed by atoms with Crippen LogP contribution >= 0.6 is 31.9 Å². The zero-order valence-corrected chi connectivity index (χ0v) is 14.2. The third-order valence-electron chi connectivity index (χ3n) is 3.14. The van der Waals surface area contributed by atoms with Crippen LogP contribution in [-0.2, 0) is 0 Å². The molecule has 1 atom stereocenters. The molecular formula is C14H18Br2FNO. The van der Waals surface area contributed by atoms with Crippen LogP contribution in [-0.4, -0.2) is 17.3 Å². The second kappa shape index (κ2) is 8.00. The number of amides is 1. The predicted octanol–water partition coefficient (Wildman–Crippen LogP) is 4.52. The summed E-state index contributed by atoms with van der Waals surface area (Å²) in [5.74, 6) is -0.148. The smallest absolute Gasteiger partial charge is 0.251 e. The van der Waals surface area contributed by atoms with E-state index in [0.29, 0.717) is 22.5 Å². The summed E-state index contributed by atoms with van der Waals surface area (Å²) in [7, 11) is 0. The van der Waals surface area contributed by atoms with Crippen molar-refractivity contribution in [3.05, 3.63) is 34.1 Å². The Morgan fingerprint density at radius 2 is 1.95 bits per heavy atom. The summed E-state index contributed by atoms with van der Waals surface area (Å²) in [6, 6.07) is 4.17. The van der Waals surface area contributed by atoms with Crippen LogP contribution in [0.2, 0.25) is 0 Å². The van der Waals surface area contributed by atoms with Crippen molar-refractivity contribution in [2.45, 2.75) is 31.5 Å². The zero-order valence-electron chi connectivity index (χ0n) is 11.1. The van der Waals surface area contributed by atoms with Gasteiger partial charge in [-0.05, 0) is 24.1 Å². The molecule has 0 saturated carbocycles. The molecule has 0 aliphatic rings. The molecule has 5 heteroatoms. The van der Waals surface area contributed by atoms with Gasteiger partial charge >= 0.3 is 0 Å². The van der Waals surface area contributed by atoms with Crippen molar-refractivity contribution in [1.82, 2.24) is 5.32 Å². The maximum atomic E-state index is 13.2. The van der Waals surface area contributed by atoms with Crippen molar-refractivity contribution >= 4 is 37.8 Å². The van der Waals surface area contributed by atoms with Gasteiger partial charge in [-0.2, -0.15) is 0 Å². The summed E-state index contributed by atoms with van der Waals surface area (Å²) < 4.78 is 13.8. The van der Waals surface area contributed by atoms with Gasteiger partial charge in [-0.1, -0.05) is 58.5 Å². The van der Waals surface area contributed by atoms with Gasteiger partial charge in [0, 0.05) is 21.4 Å². The highest BCUT2D eigenvalue weighted by atomic mass is 79.9. The van der Waals surface area contributed by atoms with Crippen LogP contribution in [0, 0.1) is 11.7 Å². The molecule has 1 aromatic carbocycles. The molecule has 0 aliphatic carbocycles. The highest BCUT2D eigenvalue weighted by molar-refractivity contribution is 9.10. The van der Waals surface area contributed by atoms with Crippen molar-refractivity contribution in [1.29, 1.82) is 0 Å². The number of hydrogen-bond acceptors (Lipinski definition) is 1. The number of nitrogens with one attached hydrogen (secondary N) is 1. The number of benzene rings is 1. The lowest BCUT2D eigenvalue weighted by molar-refractivity contribution is 0.0951. The van der Waals surface area contributed by atoms with Gasteiger partial charge in [0.2, 0.25) is 0 Å². The van der Waals surface area contributed by atoms with Gasteiger partial charge < -0.3 is 5.32 Å². The first kappa shape index (κ1) is 16.6. The van der Waals surface area contributed by atoms with Crippen LogP contribution in [0.15, 0.2) is 22.7 Å². The van der Waals surface area contributed by atoms with E-state index in [0.717, 1.165) is 12.8 Å². The van der Waals surface area contributed by atoms with E-state index < -0.39 is 5.82 Å². The van der Waals surface area contributed by atoms with E-state index in [1.165, 1.54) is 12.1 Å². The largest absolute Gasteiger partial charge is 0.351 e. The molecule has 0 radical (unpaired) electrons. The van der Waals surface area contributed by atoms with Crippen molar-refractivity contribution in [3.63, 3.8) is 0 Å². The van der Waals surface area contributed by atoms with E-state index in [4.69, 9.17) is 0 Å². The standard InChI is InChI=1S/C14H18Br2FNO/c1-3-9(4-2)13(16)8-18-14(19)10-5-11(15)7-12(17)6-10/h5-7,9,13H,3-4,8H2,1-2H3,(H,18,19). The number of rotatable bonds is 6. The van der Waals surface area contributed by atoms with E-state index in [-0.39, 0.29) is 10.7 Å². The van der Waals surface area contributed by atoms with Gasteiger partial charge in [-0.3, -0.25) is 4.79 Å². The minimum absolute atomic E-state index is 0.239. The minimum atomic E-state index is -0.421. The fourth-order valence-electron chi connectivity index (χ4n) is 1.94. The predicted molar refractivity (Wildman–Crippen MR) is 83.2 cm³/mol. The van der Waals surface area contributed by atoms with Gasteiger partial charge in [-0.15, -0.1) is 0 Å². The summed E-state index contributed by atoms with van der Waals surface area (Å²) in [5, 5.41) is 2.83. The first-order valence-electron chi connectivity index (χ1n) is 6.36. The van der Waals surface area contributed by atoms with Crippen LogP contribution in [0.25, 0.3) is 0 Å². The molecule has 0 heterocycles. The Bertz CT molecular complexity index is 415. The molecule has 2 nitrogen and oxygen atoms in total. The van der Waals surface area contributed by atoms with Crippen LogP contribution in [0.3, 0.4) is 0 Å². The van der Waals surface area contributed by atoms with Crippen molar-refractivity contribution < 1.29 is 9.18 Å². The monoisotopic (exact) mass is 393 g/mol. The molecule has 106 valence electrons. The highest BCUT2D eigenvalue weighted by Crippen LogP contribution is 2.20. The quantitative estimate of drug-likeness (QED) is 0.706. The first-order chi connectivity index (χ1) is 8.97. The average Bonchev–Trinajstić information content (AvgIpc) is 2.36. The average molecular weight is 395 g/mol. The number of alkyl halides is 1. The third kappa shape index (κ3) is 5.22. The van der Waals surface area contributed by atoms with Crippen molar-refractivity contribution in [2.24, 2.45) is 5.92 Å². The molecule has 0 fully saturated rings. The summed E-state index contributed by atoms with van der Waals surface area (Å²) in [6.45, 7) is 4.81. The lowest BCUT2D eigenvalue weighted by Crippen LogP contribution is -2.33. The molecule has 0 aliphatic heterocycles. The van der Waals surface area contributed by atoms with Crippen LogP contribution in [0.1, 0.15) is 37.0 Å². The van der Waals surface area contributed by atoms with E-state index in [1.54, 1.807) is 6.07 Å². The van der Waals surface area contributed by atoms with Crippen LogP contribution in [0.5, 0.6) is 0 Å². The second-order valence-electron chi connectivity index (χ2n) is 4.46. The zero-order chi connectivity index (χ0) is 14.4. The Morgan fingerprint density at radius 1 is 1.32 bits per heavy atom. The van der Waals surface area contributed by atoms with E-state index in [1.807, 2.05) is 0 Å². The van der Waals surface area contributed by atoms with Gasteiger partial charge in [0.25, 0.3) is 5.91 Å².